The van der Waals surface area contributed by atoms with E-state index in [2.05, 4.69) is 10.4 Å². The fourth-order valence-electron chi connectivity index (χ4n) is 2.68. The van der Waals surface area contributed by atoms with Crippen LogP contribution >= 0.6 is 11.6 Å². The first-order valence-corrected chi connectivity index (χ1v) is 8.69. The molecule has 0 bridgehead atoms. The largest absolute Gasteiger partial charge is 0.495 e. The summed E-state index contributed by atoms with van der Waals surface area (Å²) in [6, 6.07) is 11.7. The van der Waals surface area contributed by atoms with Crippen molar-refractivity contribution < 1.29 is 14.5 Å². The Morgan fingerprint density at radius 1 is 1.24 bits per heavy atom. The number of para-hydroxylation sites is 2. The van der Waals surface area contributed by atoms with Gasteiger partial charge in [-0.15, -0.1) is 0 Å². The maximum absolute atomic E-state index is 12.6. The van der Waals surface area contributed by atoms with Gasteiger partial charge in [-0.3, -0.25) is 19.7 Å². The predicted octanol–water partition coefficient (Wildman–Crippen LogP) is 3.36. The second-order valence-corrected chi connectivity index (χ2v) is 6.37. The van der Waals surface area contributed by atoms with Gasteiger partial charge in [0.15, 0.2) is 5.69 Å². The molecule has 29 heavy (non-hydrogen) atoms. The molecule has 3 aromatic rings. The highest BCUT2D eigenvalue weighted by molar-refractivity contribution is 6.32. The fraction of sp³-hybridized carbons (Fsp3) is 0.105. The summed E-state index contributed by atoms with van der Waals surface area (Å²) in [6.07, 6.45) is 0. The van der Waals surface area contributed by atoms with E-state index in [1.165, 1.54) is 42.1 Å². The average Bonchev–Trinajstić information content (AvgIpc) is 2.68. The molecule has 0 spiro atoms. The van der Waals surface area contributed by atoms with Crippen LogP contribution in [0.15, 0.2) is 53.3 Å². The minimum absolute atomic E-state index is 0.136. The van der Waals surface area contributed by atoms with Crippen molar-refractivity contribution in [1.29, 1.82) is 0 Å². The molecule has 148 valence electrons. The number of anilines is 1. The third kappa shape index (κ3) is 4.09. The van der Waals surface area contributed by atoms with Crippen molar-refractivity contribution in [1.82, 2.24) is 9.78 Å². The van der Waals surface area contributed by atoms with Gasteiger partial charge >= 0.3 is 0 Å². The zero-order chi connectivity index (χ0) is 21.1. The van der Waals surface area contributed by atoms with E-state index in [4.69, 9.17) is 16.3 Å². The Morgan fingerprint density at radius 2 is 1.97 bits per heavy atom. The van der Waals surface area contributed by atoms with E-state index in [1.54, 1.807) is 25.1 Å². The number of hydrogen-bond donors (Lipinski definition) is 1. The van der Waals surface area contributed by atoms with Crippen LogP contribution < -0.4 is 15.5 Å². The molecule has 3 rings (SSSR count). The van der Waals surface area contributed by atoms with E-state index < -0.39 is 22.0 Å². The first kappa shape index (κ1) is 20.0. The van der Waals surface area contributed by atoms with Crippen molar-refractivity contribution in [3.8, 4) is 11.4 Å². The number of aromatic nitrogens is 2. The SMILES string of the molecule is COc1ccc(NC(=O)c2nn(-c3ccccc3[N+](=O)[O-])c(C)cc2=O)cc1Cl. The Kier molecular flexibility index (Phi) is 5.60. The van der Waals surface area contributed by atoms with Crippen molar-refractivity contribution in [2.45, 2.75) is 6.92 Å². The number of ether oxygens (including phenoxy) is 1. The topological polar surface area (TPSA) is 116 Å². The lowest BCUT2D eigenvalue weighted by atomic mass is 10.2. The van der Waals surface area contributed by atoms with Crippen molar-refractivity contribution in [2.24, 2.45) is 0 Å². The number of nitro groups is 1. The summed E-state index contributed by atoms with van der Waals surface area (Å²) >= 11 is 6.04. The minimum atomic E-state index is -0.774. The molecule has 0 unspecified atom stereocenters. The molecule has 0 aliphatic carbocycles. The summed E-state index contributed by atoms with van der Waals surface area (Å²) in [4.78, 5) is 35.7. The lowest BCUT2D eigenvalue weighted by Gasteiger charge is -2.12. The number of nitrogens with one attached hydrogen (secondary N) is 1. The maximum atomic E-state index is 12.6. The Balaban J connectivity index is 2.02. The molecule has 9 nitrogen and oxygen atoms in total. The number of halogens is 1. The highest BCUT2D eigenvalue weighted by atomic mass is 35.5. The number of carbonyl (C=O) groups is 1. The molecule has 0 saturated carbocycles. The zero-order valence-electron chi connectivity index (χ0n) is 15.4. The highest BCUT2D eigenvalue weighted by Gasteiger charge is 2.20. The summed E-state index contributed by atoms with van der Waals surface area (Å²) < 4.78 is 6.24. The number of nitro benzene ring substituents is 1. The van der Waals surface area contributed by atoms with Gasteiger partial charge in [0.2, 0.25) is 5.43 Å². The standard InChI is InChI=1S/C19H15ClN4O5/c1-11-9-16(25)18(19(26)21-12-7-8-17(29-2)13(20)10-12)22-23(11)14-5-3-4-6-15(14)24(27)28/h3-10H,1-2H3,(H,21,26). The van der Waals surface area contributed by atoms with Gasteiger partial charge in [0.25, 0.3) is 11.6 Å². The van der Waals surface area contributed by atoms with Gasteiger partial charge in [-0.05, 0) is 31.2 Å². The Labute approximate surface area is 169 Å². The molecule has 0 fully saturated rings. The lowest BCUT2D eigenvalue weighted by Crippen LogP contribution is -2.27. The van der Waals surface area contributed by atoms with E-state index in [0.717, 1.165) is 0 Å². The monoisotopic (exact) mass is 414 g/mol. The molecule has 0 aliphatic heterocycles. The van der Waals surface area contributed by atoms with Crippen LogP contribution in [-0.2, 0) is 0 Å². The van der Waals surface area contributed by atoms with Crippen LogP contribution in [0, 0.1) is 17.0 Å². The van der Waals surface area contributed by atoms with Gasteiger partial charge in [0, 0.05) is 23.5 Å². The van der Waals surface area contributed by atoms with E-state index >= 15 is 0 Å². The molecule has 1 heterocycles. The predicted molar refractivity (Wildman–Crippen MR) is 107 cm³/mol. The number of hydrogen-bond acceptors (Lipinski definition) is 6. The molecule has 2 aromatic carbocycles. The zero-order valence-corrected chi connectivity index (χ0v) is 16.1. The summed E-state index contributed by atoms with van der Waals surface area (Å²) in [6.45, 7) is 1.57. The van der Waals surface area contributed by atoms with Crippen LogP contribution in [0.2, 0.25) is 5.02 Å². The quantitative estimate of drug-likeness (QED) is 0.505. The Bertz CT molecular complexity index is 1180. The van der Waals surface area contributed by atoms with Crippen LogP contribution in [0.25, 0.3) is 5.69 Å². The van der Waals surface area contributed by atoms with E-state index in [1.807, 2.05) is 0 Å². The third-order valence-electron chi connectivity index (χ3n) is 4.04. The number of benzene rings is 2. The lowest BCUT2D eigenvalue weighted by molar-refractivity contribution is -0.384. The summed E-state index contributed by atoms with van der Waals surface area (Å²) in [5.74, 6) is -0.347. The molecule has 10 heteroatoms. The molecule has 0 atom stereocenters. The molecule has 0 radical (unpaired) electrons. The smallest absolute Gasteiger partial charge is 0.294 e. The number of aryl methyl sites for hydroxylation is 1. The highest BCUT2D eigenvalue weighted by Crippen LogP contribution is 2.27. The number of amides is 1. The normalized spacial score (nSPS) is 10.4. The van der Waals surface area contributed by atoms with Crippen molar-refractivity contribution in [3.63, 3.8) is 0 Å². The average molecular weight is 415 g/mol. The summed E-state index contributed by atoms with van der Waals surface area (Å²) in [7, 11) is 1.46. The van der Waals surface area contributed by atoms with Gasteiger partial charge in [-0.2, -0.15) is 5.10 Å². The molecule has 0 saturated heterocycles. The van der Waals surface area contributed by atoms with Crippen LogP contribution in [0.5, 0.6) is 5.75 Å². The Morgan fingerprint density at radius 3 is 2.62 bits per heavy atom. The molecular weight excluding hydrogens is 400 g/mol. The summed E-state index contributed by atoms with van der Waals surface area (Å²) in [5, 5.41) is 18.2. The summed E-state index contributed by atoms with van der Waals surface area (Å²) in [5.41, 5.74) is -0.431. The van der Waals surface area contributed by atoms with Crippen molar-refractivity contribution >= 4 is 28.9 Å². The van der Waals surface area contributed by atoms with Crippen LogP contribution in [0.4, 0.5) is 11.4 Å². The van der Waals surface area contributed by atoms with Gasteiger partial charge in [-0.1, -0.05) is 23.7 Å². The first-order valence-electron chi connectivity index (χ1n) is 8.31. The van der Waals surface area contributed by atoms with Gasteiger partial charge in [-0.25, -0.2) is 4.68 Å². The molecule has 1 amide bonds. The fourth-order valence-corrected chi connectivity index (χ4v) is 2.94. The number of rotatable bonds is 5. The maximum Gasteiger partial charge on any atom is 0.294 e. The van der Waals surface area contributed by atoms with E-state index in [0.29, 0.717) is 17.1 Å². The van der Waals surface area contributed by atoms with Crippen molar-refractivity contribution in [3.05, 3.63) is 85.3 Å². The second kappa shape index (κ2) is 8.11. The van der Waals surface area contributed by atoms with E-state index in [9.17, 15) is 19.7 Å². The third-order valence-corrected chi connectivity index (χ3v) is 4.33. The van der Waals surface area contributed by atoms with E-state index in [-0.39, 0.29) is 16.4 Å². The molecular formula is C19H15ClN4O5. The Hall–Kier alpha value is -3.72. The first-order chi connectivity index (χ1) is 13.8. The molecule has 0 aliphatic rings. The van der Waals surface area contributed by atoms with Crippen LogP contribution in [0.1, 0.15) is 16.2 Å². The molecule has 1 N–H and O–H groups in total. The van der Waals surface area contributed by atoms with Gasteiger partial charge in [0.05, 0.1) is 17.1 Å². The minimum Gasteiger partial charge on any atom is -0.495 e. The van der Waals surface area contributed by atoms with Crippen LogP contribution in [0.3, 0.4) is 0 Å². The molecule has 1 aromatic heterocycles. The van der Waals surface area contributed by atoms with Gasteiger partial charge < -0.3 is 10.1 Å². The van der Waals surface area contributed by atoms with Gasteiger partial charge in [0.1, 0.15) is 11.4 Å². The number of carbonyl (C=O) groups excluding carboxylic acids is 1. The number of methoxy groups -OCH3 is 1. The van der Waals surface area contributed by atoms with Crippen molar-refractivity contribution in [2.75, 3.05) is 12.4 Å². The second-order valence-electron chi connectivity index (χ2n) is 5.96. The van der Waals surface area contributed by atoms with Crippen LogP contribution in [-0.4, -0.2) is 27.7 Å². The number of nitrogens with zero attached hydrogens (tertiary/aromatic N) is 3.